The van der Waals surface area contributed by atoms with Crippen molar-refractivity contribution >= 4 is 29.1 Å². The molecule has 0 unspecified atom stereocenters. The fraction of sp³-hybridized carbons (Fsp3) is 0.267. The summed E-state index contributed by atoms with van der Waals surface area (Å²) in [6.45, 7) is 0.554. The van der Waals surface area contributed by atoms with Gasteiger partial charge in [-0.2, -0.15) is 5.10 Å². The highest BCUT2D eigenvalue weighted by molar-refractivity contribution is 6.33. The van der Waals surface area contributed by atoms with E-state index in [4.69, 9.17) is 11.6 Å². The van der Waals surface area contributed by atoms with E-state index < -0.39 is 6.04 Å². The predicted molar refractivity (Wildman–Crippen MR) is 82.9 cm³/mol. The Morgan fingerprint density at radius 1 is 1.41 bits per heavy atom. The molecular formula is C15H15ClN4O2. The highest BCUT2D eigenvalue weighted by Gasteiger charge is 2.34. The minimum Gasteiger partial charge on any atom is -0.340 e. The maximum atomic E-state index is 12.4. The third-order valence-corrected chi connectivity index (χ3v) is 3.96. The van der Waals surface area contributed by atoms with Crippen molar-refractivity contribution in [2.75, 3.05) is 11.4 Å². The number of hydrogen-bond acceptors (Lipinski definition) is 3. The van der Waals surface area contributed by atoms with Crippen molar-refractivity contribution in [3.05, 3.63) is 47.2 Å². The van der Waals surface area contributed by atoms with Gasteiger partial charge in [-0.25, -0.2) is 0 Å². The maximum Gasteiger partial charge on any atom is 0.253 e. The molecule has 1 saturated heterocycles. The van der Waals surface area contributed by atoms with E-state index in [1.165, 1.54) is 0 Å². The molecule has 0 bridgehead atoms. The second kappa shape index (κ2) is 5.81. The van der Waals surface area contributed by atoms with Crippen LogP contribution in [-0.4, -0.2) is 34.2 Å². The first-order valence-electron chi connectivity index (χ1n) is 6.91. The largest absolute Gasteiger partial charge is 0.340 e. The van der Waals surface area contributed by atoms with Crippen molar-refractivity contribution in [2.24, 2.45) is 7.05 Å². The number of amides is 2. The normalized spacial score (nSPS) is 17.8. The van der Waals surface area contributed by atoms with Crippen LogP contribution < -0.4 is 10.2 Å². The van der Waals surface area contributed by atoms with E-state index >= 15 is 0 Å². The number of hydrogen-bond donors (Lipinski definition) is 1. The summed E-state index contributed by atoms with van der Waals surface area (Å²) in [5.41, 5.74) is 1.11. The first-order valence-corrected chi connectivity index (χ1v) is 7.29. The van der Waals surface area contributed by atoms with Crippen LogP contribution in [0, 0.1) is 0 Å². The van der Waals surface area contributed by atoms with E-state index in [0.717, 1.165) is 5.69 Å². The van der Waals surface area contributed by atoms with Crippen molar-refractivity contribution in [1.82, 2.24) is 15.1 Å². The summed E-state index contributed by atoms with van der Waals surface area (Å²) in [4.78, 5) is 26.3. The summed E-state index contributed by atoms with van der Waals surface area (Å²) in [5, 5.41) is 7.18. The third-order valence-electron chi connectivity index (χ3n) is 3.63. The Morgan fingerprint density at radius 3 is 2.86 bits per heavy atom. The van der Waals surface area contributed by atoms with Gasteiger partial charge in [0.1, 0.15) is 6.04 Å². The van der Waals surface area contributed by atoms with E-state index in [0.29, 0.717) is 23.6 Å². The number of aromatic nitrogens is 2. The lowest BCUT2D eigenvalue weighted by molar-refractivity contribution is -0.118. The molecular weight excluding hydrogens is 304 g/mol. The molecule has 0 saturated carbocycles. The van der Waals surface area contributed by atoms with Crippen LogP contribution in [0.25, 0.3) is 0 Å². The molecule has 114 valence electrons. The molecule has 0 aliphatic carbocycles. The zero-order chi connectivity index (χ0) is 15.7. The lowest BCUT2D eigenvalue weighted by Gasteiger charge is -2.15. The van der Waals surface area contributed by atoms with Gasteiger partial charge in [-0.3, -0.25) is 14.3 Å². The van der Waals surface area contributed by atoms with E-state index in [1.807, 2.05) is 0 Å². The Hall–Kier alpha value is -2.34. The first kappa shape index (κ1) is 14.6. The first-order chi connectivity index (χ1) is 10.6. The van der Waals surface area contributed by atoms with Crippen LogP contribution in [0.2, 0.25) is 5.02 Å². The lowest BCUT2D eigenvalue weighted by atomic mass is 10.2. The molecule has 1 fully saturated rings. The van der Waals surface area contributed by atoms with Crippen LogP contribution in [0.3, 0.4) is 0 Å². The van der Waals surface area contributed by atoms with Crippen molar-refractivity contribution < 1.29 is 9.59 Å². The number of rotatable bonds is 3. The Bertz CT molecular complexity index is 728. The molecule has 1 aliphatic heterocycles. The van der Waals surface area contributed by atoms with Crippen molar-refractivity contribution in [1.29, 1.82) is 0 Å². The van der Waals surface area contributed by atoms with Gasteiger partial charge in [0.25, 0.3) is 5.91 Å². The van der Waals surface area contributed by atoms with Crippen LogP contribution in [0.5, 0.6) is 0 Å². The van der Waals surface area contributed by atoms with Crippen LogP contribution in [0.15, 0.2) is 36.7 Å². The molecule has 3 rings (SSSR count). The van der Waals surface area contributed by atoms with E-state index in [1.54, 1.807) is 53.3 Å². The highest BCUT2D eigenvalue weighted by Crippen LogP contribution is 2.21. The van der Waals surface area contributed by atoms with Crippen LogP contribution in [0.4, 0.5) is 5.69 Å². The molecule has 2 amide bonds. The number of nitrogens with zero attached hydrogens (tertiary/aromatic N) is 3. The average Bonchev–Trinajstić information content (AvgIpc) is 3.06. The number of benzene rings is 1. The van der Waals surface area contributed by atoms with Gasteiger partial charge in [0.05, 0.1) is 22.5 Å². The van der Waals surface area contributed by atoms with Crippen molar-refractivity contribution in [2.45, 2.75) is 12.5 Å². The number of carbonyl (C=O) groups is 2. The minimum absolute atomic E-state index is 0.131. The SMILES string of the molecule is Cn1cc(N2CC[C@@H](NC(=O)c3ccccc3Cl)C2=O)cn1. The standard InChI is InChI=1S/C15H15ClN4O2/c1-19-9-10(8-17-19)20-7-6-13(15(20)22)18-14(21)11-4-2-3-5-12(11)16/h2-5,8-9,13H,6-7H2,1H3,(H,18,21)/t13-/m1/s1. The van der Waals surface area contributed by atoms with Gasteiger partial charge < -0.3 is 10.2 Å². The molecule has 2 aromatic rings. The predicted octanol–water partition coefficient (Wildman–Crippen LogP) is 1.61. The number of anilines is 1. The molecule has 1 aromatic carbocycles. The Balaban J connectivity index is 1.71. The Morgan fingerprint density at radius 2 is 2.18 bits per heavy atom. The molecule has 0 radical (unpaired) electrons. The zero-order valence-electron chi connectivity index (χ0n) is 12.0. The minimum atomic E-state index is -0.538. The van der Waals surface area contributed by atoms with E-state index in [9.17, 15) is 9.59 Å². The quantitative estimate of drug-likeness (QED) is 0.935. The summed E-state index contributed by atoms with van der Waals surface area (Å²) in [6.07, 6.45) is 3.97. The molecule has 6 nitrogen and oxygen atoms in total. The number of halogens is 1. The number of nitrogens with one attached hydrogen (secondary N) is 1. The second-order valence-corrected chi connectivity index (χ2v) is 5.56. The van der Waals surface area contributed by atoms with Crippen LogP contribution >= 0.6 is 11.6 Å². The Kier molecular flexibility index (Phi) is 3.85. The van der Waals surface area contributed by atoms with Gasteiger partial charge >= 0.3 is 0 Å². The molecule has 1 N–H and O–H groups in total. The molecule has 1 atom stereocenters. The van der Waals surface area contributed by atoms with Crippen molar-refractivity contribution in [3.8, 4) is 0 Å². The van der Waals surface area contributed by atoms with Gasteiger partial charge in [0.15, 0.2) is 0 Å². The number of aryl methyl sites for hydroxylation is 1. The third kappa shape index (κ3) is 2.69. The van der Waals surface area contributed by atoms with E-state index in [-0.39, 0.29) is 11.8 Å². The lowest BCUT2D eigenvalue weighted by Crippen LogP contribution is -2.41. The average molecular weight is 319 g/mol. The van der Waals surface area contributed by atoms with Gasteiger partial charge in [0, 0.05) is 19.8 Å². The fourth-order valence-electron chi connectivity index (χ4n) is 2.50. The fourth-order valence-corrected chi connectivity index (χ4v) is 2.72. The zero-order valence-corrected chi connectivity index (χ0v) is 12.7. The maximum absolute atomic E-state index is 12.4. The summed E-state index contributed by atoms with van der Waals surface area (Å²) < 4.78 is 1.64. The smallest absolute Gasteiger partial charge is 0.253 e. The molecule has 0 spiro atoms. The summed E-state index contributed by atoms with van der Waals surface area (Å²) in [7, 11) is 1.79. The van der Waals surface area contributed by atoms with E-state index in [2.05, 4.69) is 10.4 Å². The van der Waals surface area contributed by atoms with Gasteiger partial charge in [0.2, 0.25) is 5.91 Å². The van der Waals surface area contributed by atoms with Gasteiger partial charge in [-0.15, -0.1) is 0 Å². The van der Waals surface area contributed by atoms with Gasteiger partial charge in [-0.05, 0) is 18.6 Å². The van der Waals surface area contributed by atoms with Crippen molar-refractivity contribution in [3.63, 3.8) is 0 Å². The molecule has 22 heavy (non-hydrogen) atoms. The summed E-state index contributed by atoms with van der Waals surface area (Å²) in [5.74, 6) is -0.467. The van der Waals surface area contributed by atoms with Crippen LogP contribution in [-0.2, 0) is 11.8 Å². The summed E-state index contributed by atoms with van der Waals surface area (Å²) >= 11 is 6.00. The second-order valence-electron chi connectivity index (χ2n) is 5.16. The van der Waals surface area contributed by atoms with Gasteiger partial charge in [-0.1, -0.05) is 23.7 Å². The number of carbonyl (C=O) groups excluding carboxylic acids is 2. The molecule has 2 heterocycles. The summed E-state index contributed by atoms with van der Waals surface area (Å²) in [6, 6.07) is 6.23. The monoisotopic (exact) mass is 318 g/mol. The molecule has 1 aliphatic rings. The molecule has 1 aromatic heterocycles. The highest BCUT2D eigenvalue weighted by atomic mass is 35.5. The Labute approximate surface area is 132 Å². The van der Waals surface area contributed by atoms with Crippen LogP contribution in [0.1, 0.15) is 16.8 Å². The topological polar surface area (TPSA) is 67.2 Å². The molecule has 7 heteroatoms.